The molecule has 2 rings (SSSR count). The maximum atomic E-state index is 12.6. The number of aliphatic hydroxyl groups excluding tert-OH is 1. The fraction of sp³-hybridized carbons (Fsp3) is 0.286. The predicted octanol–water partition coefficient (Wildman–Crippen LogP) is 1.58. The summed E-state index contributed by atoms with van der Waals surface area (Å²) >= 11 is 0. The van der Waals surface area contributed by atoms with Crippen molar-refractivity contribution in [2.24, 2.45) is 0 Å². The van der Waals surface area contributed by atoms with Crippen molar-refractivity contribution in [1.29, 1.82) is 0 Å². The van der Waals surface area contributed by atoms with Crippen LogP contribution in [0.15, 0.2) is 36.7 Å². The van der Waals surface area contributed by atoms with Crippen molar-refractivity contribution in [3.8, 4) is 5.75 Å². The molecule has 1 heterocycles. The molecule has 0 aliphatic heterocycles. The van der Waals surface area contributed by atoms with Gasteiger partial charge in [-0.15, -0.1) is 0 Å². The lowest BCUT2D eigenvalue weighted by Gasteiger charge is -2.09. The summed E-state index contributed by atoms with van der Waals surface area (Å²) in [7, 11) is 0. The Morgan fingerprint density at radius 1 is 1.36 bits per heavy atom. The number of imidazole rings is 1. The van der Waals surface area contributed by atoms with Crippen LogP contribution in [0.4, 0.5) is 8.78 Å². The molecule has 0 bridgehead atoms. The number of benzene rings is 1. The van der Waals surface area contributed by atoms with Gasteiger partial charge in [0.2, 0.25) is 0 Å². The third-order valence-corrected chi connectivity index (χ3v) is 2.84. The van der Waals surface area contributed by atoms with E-state index in [2.05, 4.69) is 10.3 Å². The fourth-order valence-electron chi connectivity index (χ4n) is 1.76. The maximum absolute atomic E-state index is 12.6. The summed E-state index contributed by atoms with van der Waals surface area (Å²) in [5.74, 6) is 0.233. The number of alkyl halides is 2. The minimum absolute atomic E-state index is 0.104. The lowest BCUT2D eigenvalue weighted by atomic mass is 10.2. The number of aromatic nitrogens is 2. The van der Waals surface area contributed by atoms with Gasteiger partial charge in [-0.2, -0.15) is 8.78 Å². The molecule has 8 heteroatoms. The molecule has 0 saturated heterocycles. The highest BCUT2D eigenvalue weighted by molar-refractivity contribution is 5.94. The maximum Gasteiger partial charge on any atom is 0.320 e. The Labute approximate surface area is 125 Å². The van der Waals surface area contributed by atoms with Crippen LogP contribution in [-0.4, -0.2) is 33.7 Å². The molecule has 2 aromatic rings. The average molecular weight is 311 g/mol. The summed E-state index contributed by atoms with van der Waals surface area (Å²) in [5.41, 5.74) is 0.412. The first-order valence-electron chi connectivity index (χ1n) is 6.53. The van der Waals surface area contributed by atoms with Crippen molar-refractivity contribution < 1.29 is 23.4 Å². The van der Waals surface area contributed by atoms with Crippen molar-refractivity contribution in [1.82, 2.24) is 14.9 Å². The number of amides is 1. The molecule has 0 aliphatic carbocycles. The van der Waals surface area contributed by atoms with E-state index >= 15 is 0 Å². The summed E-state index contributed by atoms with van der Waals surface area (Å²) in [4.78, 5) is 15.4. The zero-order chi connectivity index (χ0) is 15.9. The highest BCUT2D eigenvalue weighted by Gasteiger charge is 2.12. The van der Waals surface area contributed by atoms with Crippen LogP contribution in [-0.2, 0) is 6.61 Å². The van der Waals surface area contributed by atoms with Crippen molar-refractivity contribution in [3.63, 3.8) is 0 Å². The fourth-order valence-corrected chi connectivity index (χ4v) is 1.76. The number of hydrogen-bond acceptors (Lipinski definition) is 4. The first-order valence-corrected chi connectivity index (χ1v) is 6.53. The lowest BCUT2D eigenvalue weighted by Crippen LogP contribution is -2.26. The van der Waals surface area contributed by atoms with Gasteiger partial charge in [0.05, 0.1) is 6.61 Å². The van der Waals surface area contributed by atoms with Crippen LogP contribution in [0.5, 0.6) is 5.75 Å². The van der Waals surface area contributed by atoms with Crippen molar-refractivity contribution in [3.05, 3.63) is 48.0 Å². The Hall–Kier alpha value is -2.48. The van der Waals surface area contributed by atoms with Crippen LogP contribution in [0, 0.1) is 0 Å². The quantitative estimate of drug-likeness (QED) is 0.814. The van der Waals surface area contributed by atoms with Crippen molar-refractivity contribution in [2.75, 3.05) is 13.2 Å². The zero-order valence-electron chi connectivity index (χ0n) is 11.6. The van der Waals surface area contributed by atoms with E-state index < -0.39 is 6.55 Å². The summed E-state index contributed by atoms with van der Waals surface area (Å²) in [6, 6.07) is 6.20. The van der Waals surface area contributed by atoms with Gasteiger partial charge < -0.3 is 15.2 Å². The normalized spacial score (nSPS) is 10.7. The van der Waals surface area contributed by atoms with E-state index in [1.165, 1.54) is 12.4 Å². The first kappa shape index (κ1) is 15.9. The molecule has 0 spiro atoms. The number of nitrogens with zero attached hydrogens (tertiary/aromatic N) is 2. The number of nitrogens with one attached hydrogen (secondary N) is 1. The van der Waals surface area contributed by atoms with E-state index in [9.17, 15) is 13.6 Å². The van der Waals surface area contributed by atoms with Gasteiger partial charge in [-0.3, -0.25) is 9.36 Å². The minimum Gasteiger partial charge on any atom is -0.486 e. The van der Waals surface area contributed by atoms with Crippen LogP contribution in [0.2, 0.25) is 0 Å². The smallest absolute Gasteiger partial charge is 0.320 e. The Balaban J connectivity index is 1.94. The van der Waals surface area contributed by atoms with Gasteiger partial charge in [-0.1, -0.05) is 0 Å². The van der Waals surface area contributed by atoms with Crippen LogP contribution in [0.1, 0.15) is 22.7 Å². The summed E-state index contributed by atoms with van der Waals surface area (Å²) < 4.78 is 31.4. The Morgan fingerprint density at radius 3 is 2.73 bits per heavy atom. The number of aliphatic hydroxyl groups is 1. The van der Waals surface area contributed by atoms with E-state index in [4.69, 9.17) is 9.84 Å². The summed E-state index contributed by atoms with van der Waals surface area (Å²) in [5, 5.41) is 11.1. The van der Waals surface area contributed by atoms with Crippen LogP contribution < -0.4 is 10.1 Å². The molecule has 0 radical (unpaired) electrons. The molecule has 0 aliphatic rings. The number of halogens is 2. The number of carbonyl (C=O) groups is 1. The van der Waals surface area contributed by atoms with Gasteiger partial charge in [-0.05, 0) is 24.3 Å². The van der Waals surface area contributed by atoms with Crippen LogP contribution >= 0.6 is 0 Å². The molecule has 1 amide bonds. The van der Waals surface area contributed by atoms with Gasteiger partial charge >= 0.3 is 6.55 Å². The SMILES string of the molecule is O=C(NCCO)c1ccc(OCc2nccn2C(F)F)cc1. The third-order valence-electron chi connectivity index (χ3n) is 2.84. The largest absolute Gasteiger partial charge is 0.486 e. The van der Waals surface area contributed by atoms with Gasteiger partial charge in [0, 0.05) is 24.5 Å². The van der Waals surface area contributed by atoms with Gasteiger partial charge in [-0.25, -0.2) is 4.98 Å². The molecule has 1 aromatic carbocycles. The highest BCUT2D eigenvalue weighted by Crippen LogP contribution is 2.16. The molecule has 118 valence electrons. The lowest BCUT2D eigenvalue weighted by molar-refractivity contribution is 0.0632. The molecule has 0 unspecified atom stereocenters. The van der Waals surface area contributed by atoms with Gasteiger partial charge in [0.15, 0.2) is 5.82 Å². The first-order chi connectivity index (χ1) is 10.6. The molecule has 0 fully saturated rings. The Morgan fingerprint density at radius 2 is 2.09 bits per heavy atom. The van der Waals surface area contributed by atoms with E-state index in [1.807, 2.05) is 0 Å². The number of carbonyl (C=O) groups excluding carboxylic acids is 1. The zero-order valence-corrected chi connectivity index (χ0v) is 11.6. The topological polar surface area (TPSA) is 76.4 Å². The van der Waals surface area contributed by atoms with Crippen LogP contribution in [0.3, 0.4) is 0 Å². The standard InChI is InChI=1S/C14H15F2N3O3/c15-14(16)19-7-5-17-12(19)9-22-11-3-1-10(2-4-11)13(21)18-6-8-20/h1-5,7,14,20H,6,8-9H2,(H,18,21). The Kier molecular flexibility index (Phi) is 5.42. The summed E-state index contributed by atoms with van der Waals surface area (Å²) in [6.45, 7) is -2.73. The second-order valence-corrected chi connectivity index (χ2v) is 4.32. The molecule has 6 nitrogen and oxygen atoms in total. The van der Waals surface area contributed by atoms with Crippen LogP contribution in [0.25, 0.3) is 0 Å². The monoisotopic (exact) mass is 311 g/mol. The van der Waals surface area contributed by atoms with Gasteiger partial charge in [0.1, 0.15) is 12.4 Å². The van der Waals surface area contributed by atoms with Crippen molar-refractivity contribution >= 4 is 5.91 Å². The van der Waals surface area contributed by atoms with Gasteiger partial charge in [0.25, 0.3) is 5.91 Å². The van der Waals surface area contributed by atoms with Crippen molar-refractivity contribution in [2.45, 2.75) is 13.2 Å². The van der Waals surface area contributed by atoms with E-state index in [-0.39, 0.29) is 31.5 Å². The molecular formula is C14H15F2N3O3. The molecule has 2 N–H and O–H groups in total. The highest BCUT2D eigenvalue weighted by atomic mass is 19.3. The number of hydrogen-bond donors (Lipinski definition) is 2. The molecule has 0 atom stereocenters. The van der Waals surface area contributed by atoms with E-state index in [0.29, 0.717) is 11.3 Å². The third kappa shape index (κ3) is 4.01. The molecule has 1 aromatic heterocycles. The number of ether oxygens (including phenoxy) is 1. The summed E-state index contributed by atoms with van der Waals surface area (Å²) in [6.07, 6.45) is 2.46. The number of rotatable bonds is 7. The molecular weight excluding hydrogens is 296 g/mol. The molecule has 22 heavy (non-hydrogen) atoms. The minimum atomic E-state index is -2.67. The second kappa shape index (κ2) is 7.51. The van der Waals surface area contributed by atoms with E-state index in [0.717, 1.165) is 4.57 Å². The second-order valence-electron chi connectivity index (χ2n) is 4.32. The Bertz CT molecular complexity index is 614. The molecule has 0 saturated carbocycles. The van der Waals surface area contributed by atoms with E-state index in [1.54, 1.807) is 24.3 Å². The average Bonchev–Trinajstić information content (AvgIpc) is 3.00. The predicted molar refractivity (Wildman–Crippen MR) is 73.7 cm³/mol.